The summed E-state index contributed by atoms with van der Waals surface area (Å²) in [6.07, 6.45) is 3.58. The smallest absolute Gasteiger partial charge is 0.220 e. The second-order valence-electron chi connectivity index (χ2n) is 5.21. The number of hydrogen-bond acceptors (Lipinski definition) is 4. The van der Waals surface area contributed by atoms with Gasteiger partial charge in [0.25, 0.3) is 0 Å². The Balaban J connectivity index is 1.90. The highest BCUT2D eigenvalue weighted by atomic mass is 35.5. The number of rotatable bonds is 3. The summed E-state index contributed by atoms with van der Waals surface area (Å²) in [4.78, 5) is 9.42. The summed E-state index contributed by atoms with van der Waals surface area (Å²) in [5.74, 6) is 0.210. The number of benzene rings is 2. The van der Waals surface area contributed by atoms with Gasteiger partial charge in [-0.15, -0.1) is 0 Å². The van der Waals surface area contributed by atoms with Crippen LogP contribution in [0.4, 0.5) is 5.95 Å². The highest BCUT2D eigenvalue weighted by molar-refractivity contribution is 7.98. The second-order valence-corrected chi connectivity index (χ2v) is 6.67. The number of nitrogens with two attached hydrogens (primary N) is 1. The molecule has 118 valence electrons. The fourth-order valence-electron chi connectivity index (χ4n) is 2.58. The van der Waals surface area contributed by atoms with Crippen molar-refractivity contribution in [2.75, 3.05) is 5.73 Å². The Morgan fingerprint density at radius 3 is 2.58 bits per heavy atom. The van der Waals surface area contributed by atoms with Crippen LogP contribution < -0.4 is 5.73 Å². The van der Waals surface area contributed by atoms with Crippen molar-refractivity contribution < 1.29 is 0 Å². The lowest BCUT2D eigenvalue weighted by Crippen LogP contribution is -1.96. The Hall–Kier alpha value is -2.50. The molecule has 6 heteroatoms. The first-order valence-corrected chi connectivity index (χ1v) is 8.49. The lowest BCUT2D eigenvalue weighted by atomic mass is 10.1. The molecule has 2 N–H and O–H groups in total. The zero-order chi connectivity index (χ0) is 16.5. The summed E-state index contributed by atoms with van der Waals surface area (Å²) in [5.41, 5.74) is 8.42. The maximum Gasteiger partial charge on any atom is 0.220 e. The van der Waals surface area contributed by atoms with Crippen molar-refractivity contribution in [3.63, 3.8) is 0 Å². The first-order chi connectivity index (χ1) is 11.7. The van der Waals surface area contributed by atoms with Gasteiger partial charge in [0, 0.05) is 22.0 Å². The number of nitrogens with zero attached hydrogens (tertiary/aromatic N) is 3. The van der Waals surface area contributed by atoms with E-state index in [-0.39, 0.29) is 5.95 Å². The highest BCUT2D eigenvalue weighted by Gasteiger charge is 2.15. The molecule has 2 aromatic carbocycles. The van der Waals surface area contributed by atoms with Crippen LogP contribution in [0.25, 0.3) is 22.2 Å². The van der Waals surface area contributed by atoms with Crippen LogP contribution in [0.15, 0.2) is 71.9 Å². The molecule has 0 aliphatic carbocycles. The molecule has 0 bridgehead atoms. The van der Waals surface area contributed by atoms with Gasteiger partial charge in [-0.3, -0.25) is 3.97 Å². The molecule has 0 saturated heterocycles. The van der Waals surface area contributed by atoms with E-state index < -0.39 is 0 Å². The van der Waals surface area contributed by atoms with Gasteiger partial charge < -0.3 is 5.73 Å². The molecular formula is C18H13ClN4S. The number of para-hydroxylation sites is 1. The molecule has 2 heterocycles. The lowest BCUT2D eigenvalue weighted by Gasteiger charge is -2.03. The van der Waals surface area contributed by atoms with E-state index in [0.717, 1.165) is 21.4 Å². The van der Waals surface area contributed by atoms with Crippen LogP contribution in [0.1, 0.15) is 0 Å². The van der Waals surface area contributed by atoms with Gasteiger partial charge >= 0.3 is 0 Å². The molecule has 4 rings (SSSR count). The molecule has 0 amide bonds. The van der Waals surface area contributed by atoms with Crippen molar-refractivity contribution in [1.29, 1.82) is 0 Å². The van der Waals surface area contributed by atoms with E-state index in [4.69, 9.17) is 17.3 Å². The minimum absolute atomic E-state index is 0.210. The van der Waals surface area contributed by atoms with Gasteiger partial charge in [-0.1, -0.05) is 48.0 Å². The molecule has 4 nitrogen and oxygen atoms in total. The summed E-state index contributed by atoms with van der Waals surface area (Å²) in [5, 5.41) is 1.55. The molecular weight excluding hydrogens is 340 g/mol. The van der Waals surface area contributed by atoms with Crippen molar-refractivity contribution >= 4 is 40.4 Å². The fraction of sp³-hybridized carbons (Fsp3) is 0. The SMILES string of the molecule is Nc1ncc(Cl)c(-c2cn(Sc3ccccc3)c3ccccc23)n1. The largest absolute Gasteiger partial charge is 0.368 e. The Morgan fingerprint density at radius 2 is 1.75 bits per heavy atom. The van der Waals surface area contributed by atoms with E-state index in [0.29, 0.717) is 10.7 Å². The van der Waals surface area contributed by atoms with Crippen LogP contribution in [-0.4, -0.2) is 13.9 Å². The average Bonchev–Trinajstić information content (AvgIpc) is 2.97. The van der Waals surface area contributed by atoms with Gasteiger partial charge in [-0.25, -0.2) is 9.97 Å². The van der Waals surface area contributed by atoms with Gasteiger partial charge in [-0.05, 0) is 30.1 Å². The number of anilines is 1. The molecule has 0 aliphatic heterocycles. The number of aromatic nitrogens is 3. The Morgan fingerprint density at radius 1 is 1.00 bits per heavy atom. The molecule has 24 heavy (non-hydrogen) atoms. The summed E-state index contributed by atoms with van der Waals surface area (Å²) >= 11 is 7.95. The minimum atomic E-state index is 0.210. The second kappa shape index (κ2) is 6.19. The van der Waals surface area contributed by atoms with Crippen molar-refractivity contribution in [3.8, 4) is 11.3 Å². The monoisotopic (exact) mass is 352 g/mol. The first kappa shape index (κ1) is 15.1. The summed E-state index contributed by atoms with van der Waals surface area (Å²) < 4.78 is 2.12. The quantitative estimate of drug-likeness (QED) is 0.570. The van der Waals surface area contributed by atoms with Crippen molar-refractivity contribution in [3.05, 3.63) is 72.0 Å². The number of nitrogen functional groups attached to an aromatic ring is 1. The highest BCUT2D eigenvalue weighted by Crippen LogP contribution is 2.36. The van der Waals surface area contributed by atoms with E-state index in [9.17, 15) is 0 Å². The van der Waals surface area contributed by atoms with E-state index in [1.807, 2.05) is 36.5 Å². The zero-order valence-corrected chi connectivity index (χ0v) is 14.1. The van der Waals surface area contributed by atoms with Gasteiger partial charge in [0.15, 0.2) is 0 Å². The third-order valence-electron chi connectivity index (χ3n) is 3.64. The summed E-state index contributed by atoms with van der Waals surface area (Å²) in [6, 6.07) is 18.4. The van der Waals surface area contributed by atoms with Gasteiger partial charge in [-0.2, -0.15) is 0 Å². The topological polar surface area (TPSA) is 56.7 Å². The van der Waals surface area contributed by atoms with E-state index >= 15 is 0 Å². The van der Waals surface area contributed by atoms with Crippen LogP contribution in [0.3, 0.4) is 0 Å². The van der Waals surface area contributed by atoms with Crippen LogP contribution in [0.2, 0.25) is 5.02 Å². The predicted molar refractivity (Wildman–Crippen MR) is 100 cm³/mol. The molecule has 2 aromatic heterocycles. The Labute approximate surface area is 148 Å². The van der Waals surface area contributed by atoms with Gasteiger partial charge in [0.05, 0.1) is 22.4 Å². The Kier molecular flexibility index (Phi) is 3.88. The zero-order valence-electron chi connectivity index (χ0n) is 12.6. The average molecular weight is 353 g/mol. The molecule has 4 aromatic rings. The Bertz CT molecular complexity index is 1010. The molecule has 0 saturated carbocycles. The summed E-state index contributed by atoms with van der Waals surface area (Å²) in [6.45, 7) is 0. The predicted octanol–water partition coefficient (Wildman–Crippen LogP) is 4.89. The summed E-state index contributed by atoms with van der Waals surface area (Å²) in [7, 11) is 0. The van der Waals surface area contributed by atoms with Crippen molar-refractivity contribution in [2.24, 2.45) is 0 Å². The minimum Gasteiger partial charge on any atom is -0.368 e. The first-order valence-electron chi connectivity index (χ1n) is 7.34. The van der Waals surface area contributed by atoms with Gasteiger partial charge in [0.2, 0.25) is 5.95 Å². The molecule has 0 fully saturated rings. The lowest BCUT2D eigenvalue weighted by molar-refractivity contribution is 1.19. The van der Waals surface area contributed by atoms with Crippen LogP contribution in [0, 0.1) is 0 Å². The van der Waals surface area contributed by atoms with Crippen LogP contribution >= 0.6 is 23.5 Å². The van der Waals surface area contributed by atoms with E-state index in [1.54, 1.807) is 11.9 Å². The fourth-order valence-corrected chi connectivity index (χ4v) is 3.69. The molecule has 0 unspecified atom stereocenters. The number of fused-ring (bicyclic) bond motifs is 1. The molecule has 0 spiro atoms. The van der Waals surface area contributed by atoms with Crippen molar-refractivity contribution in [1.82, 2.24) is 13.9 Å². The van der Waals surface area contributed by atoms with Gasteiger partial charge in [0.1, 0.15) is 0 Å². The number of hydrogen-bond donors (Lipinski definition) is 1. The van der Waals surface area contributed by atoms with E-state index in [2.05, 4.69) is 38.2 Å². The normalized spacial score (nSPS) is 11.0. The third kappa shape index (κ3) is 2.72. The molecule has 0 aliphatic rings. The maximum atomic E-state index is 6.30. The van der Waals surface area contributed by atoms with Crippen LogP contribution in [-0.2, 0) is 0 Å². The standard InChI is InChI=1S/C18H13ClN4S/c19-15-10-21-18(20)22-17(15)14-11-23(16-9-5-4-8-13(14)16)24-12-6-2-1-3-7-12/h1-11H,(H2,20,21,22). The maximum absolute atomic E-state index is 6.30. The molecule has 0 atom stereocenters. The van der Waals surface area contributed by atoms with Crippen molar-refractivity contribution in [2.45, 2.75) is 4.90 Å². The molecule has 0 radical (unpaired) electrons. The number of halogens is 1. The third-order valence-corrected chi connectivity index (χ3v) is 4.90. The van der Waals surface area contributed by atoms with E-state index in [1.165, 1.54) is 6.20 Å². The van der Waals surface area contributed by atoms with Crippen LogP contribution in [0.5, 0.6) is 0 Å².